The fraction of sp³-hybridized carbons (Fsp3) is 0.120. The summed E-state index contributed by atoms with van der Waals surface area (Å²) in [5, 5.41) is 3.60. The van der Waals surface area contributed by atoms with Crippen molar-refractivity contribution >= 4 is 39.2 Å². The maximum Gasteiger partial charge on any atom is 0.280 e. The molecule has 2 N–H and O–H groups in total. The molecule has 0 unspecified atom stereocenters. The molecule has 0 amide bonds. The number of sulfonamides is 1. The Bertz CT molecular complexity index is 1510. The summed E-state index contributed by atoms with van der Waals surface area (Å²) in [6.45, 7) is 4.18. The Labute approximate surface area is 207 Å². The molecule has 0 fully saturated rings. The predicted molar refractivity (Wildman–Crippen MR) is 138 cm³/mol. The van der Waals surface area contributed by atoms with E-state index < -0.39 is 10.0 Å². The van der Waals surface area contributed by atoms with Gasteiger partial charge in [-0.05, 0) is 86.6 Å². The first-order valence-corrected chi connectivity index (χ1v) is 12.6. The smallest absolute Gasteiger partial charge is 0.280 e. The number of halogens is 1. The SMILES string of the molecule is CCOc1ccc(NS(=O)(=O)c2ccc(N=Cc3c(C)[nH]n(-c4ccc(Cl)cc4)c3=O)cc2)cc1. The van der Waals surface area contributed by atoms with Crippen molar-refractivity contribution in [3.63, 3.8) is 0 Å². The van der Waals surface area contributed by atoms with E-state index in [1.54, 1.807) is 67.6 Å². The monoisotopic (exact) mass is 510 g/mol. The van der Waals surface area contributed by atoms with Gasteiger partial charge in [0, 0.05) is 22.6 Å². The van der Waals surface area contributed by atoms with Crippen LogP contribution >= 0.6 is 11.6 Å². The van der Waals surface area contributed by atoms with E-state index in [1.165, 1.54) is 23.0 Å². The molecule has 0 aliphatic heterocycles. The van der Waals surface area contributed by atoms with E-state index >= 15 is 0 Å². The van der Waals surface area contributed by atoms with Crippen LogP contribution in [-0.4, -0.2) is 31.0 Å². The number of hydrogen-bond acceptors (Lipinski definition) is 5. The molecule has 0 bridgehead atoms. The second kappa shape index (κ2) is 10.2. The van der Waals surface area contributed by atoms with E-state index in [0.29, 0.717) is 45.7 Å². The molecule has 1 heterocycles. The number of benzene rings is 3. The third-order valence-corrected chi connectivity index (χ3v) is 6.76. The summed E-state index contributed by atoms with van der Waals surface area (Å²) in [5.41, 5.74) is 2.36. The molecular weight excluding hydrogens is 488 g/mol. The number of aromatic nitrogens is 2. The predicted octanol–water partition coefficient (Wildman–Crippen LogP) is 5.08. The number of nitrogens with zero attached hydrogens (tertiary/aromatic N) is 2. The Balaban J connectivity index is 1.50. The average Bonchev–Trinajstić information content (AvgIpc) is 3.13. The lowest BCUT2D eigenvalue weighted by Gasteiger charge is -2.09. The van der Waals surface area contributed by atoms with Crippen molar-refractivity contribution in [1.82, 2.24) is 9.78 Å². The number of aliphatic imine (C=N–C) groups is 1. The van der Waals surface area contributed by atoms with Crippen molar-refractivity contribution in [3.8, 4) is 11.4 Å². The van der Waals surface area contributed by atoms with E-state index in [-0.39, 0.29) is 10.5 Å². The van der Waals surface area contributed by atoms with Gasteiger partial charge in [-0.1, -0.05) is 11.6 Å². The topological polar surface area (TPSA) is 106 Å². The van der Waals surface area contributed by atoms with E-state index in [9.17, 15) is 13.2 Å². The van der Waals surface area contributed by atoms with E-state index in [1.807, 2.05) is 6.92 Å². The van der Waals surface area contributed by atoms with Gasteiger partial charge in [0.15, 0.2) is 0 Å². The largest absolute Gasteiger partial charge is 0.494 e. The number of ether oxygens (including phenoxy) is 1. The fourth-order valence-electron chi connectivity index (χ4n) is 3.33. The van der Waals surface area contributed by atoms with Gasteiger partial charge in [0.1, 0.15) is 5.75 Å². The highest BCUT2D eigenvalue weighted by atomic mass is 35.5. The van der Waals surface area contributed by atoms with Crippen LogP contribution in [0.5, 0.6) is 5.75 Å². The standard InChI is InChI=1S/C25H23ClN4O4S/c1-3-34-22-12-6-20(7-13-22)29-35(32,33)23-14-8-19(9-15-23)27-16-24-17(2)28-30(25(24)31)21-10-4-18(26)5-11-21/h4-16,28-29H,3H2,1-2H3. The minimum atomic E-state index is -3.78. The summed E-state index contributed by atoms with van der Waals surface area (Å²) in [7, 11) is -3.78. The minimum absolute atomic E-state index is 0.0910. The van der Waals surface area contributed by atoms with Crippen molar-refractivity contribution in [1.29, 1.82) is 0 Å². The summed E-state index contributed by atoms with van der Waals surface area (Å²) < 4.78 is 34.7. The lowest BCUT2D eigenvalue weighted by Crippen LogP contribution is -2.17. The van der Waals surface area contributed by atoms with E-state index in [4.69, 9.17) is 16.3 Å². The number of H-pyrrole nitrogens is 1. The normalized spacial score (nSPS) is 11.6. The molecule has 8 nitrogen and oxygen atoms in total. The number of hydrogen-bond donors (Lipinski definition) is 2. The van der Waals surface area contributed by atoms with Crippen LogP contribution in [0.25, 0.3) is 5.69 Å². The molecule has 0 atom stereocenters. The molecule has 1 aromatic heterocycles. The highest BCUT2D eigenvalue weighted by molar-refractivity contribution is 7.92. The first-order chi connectivity index (χ1) is 16.8. The first kappa shape index (κ1) is 24.3. The summed E-state index contributed by atoms with van der Waals surface area (Å²) in [6.07, 6.45) is 1.46. The molecule has 0 saturated carbocycles. The van der Waals surface area contributed by atoms with Crippen LogP contribution in [0.15, 0.2) is 87.5 Å². The Morgan fingerprint density at radius 2 is 1.69 bits per heavy atom. The zero-order chi connectivity index (χ0) is 25.0. The van der Waals surface area contributed by atoms with Crippen molar-refractivity contribution < 1.29 is 13.2 Å². The summed E-state index contributed by atoms with van der Waals surface area (Å²) in [4.78, 5) is 17.3. The van der Waals surface area contributed by atoms with Crippen molar-refractivity contribution in [2.24, 2.45) is 4.99 Å². The minimum Gasteiger partial charge on any atom is -0.494 e. The van der Waals surface area contributed by atoms with Crippen molar-refractivity contribution in [2.75, 3.05) is 11.3 Å². The molecule has 4 aromatic rings. The highest BCUT2D eigenvalue weighted by Gasteiger charge is 2.14. The summed E-state index contributed by atoms with van der Waals surface area (Å²) >= 11 is 5.92. The van der Waals surface area contributed by atoms with Gasteiger partial charge in [-0.2, -0.15) is 0 Å². The molecule has 4 rings (SSSR count). The molecule has 0 spiro atoms. The zero-order valence-corrected chi connectivity index (χ0v) is 20.6. The molecule has 10 heteroatoms. The van der Waals surface area contributed by atoms with Gasteiger partial charge >= 0.3 is 0 Å². The third-order valence-electron chi connectivity index (χ3n) is 5.11. The highest BCUT2D eigenvalue weighted by Crippen LogP contribution is 2.22. The van der Waals surface area contributed by atoms with Gasteiger partial charge in [-0.15, -0.1) is 0 Å². The zero-order valence-electron chi connectivity index (χ0n) is 19.0. The molecule has 0 aliphatic rings. The second-order valence-corrected chi connectivity index (χ2v) is 9.70. The Hall–Kier alpha value is -3.82. The number of aromatic amines is 1. The lowest BCUT2D eigenvalue weighted by atomic mass is 10.2. The summed E-state index contributed by atoms with van der Waals surface area (Å²) in [6, 6.07) is 19.6. The molecule has 180 valence electrons. The molecule has 35 heavy (non-hydrogen) atoms. The Morgan fingerprint density at radius 1 is 1.03 bits per heavy atom. The van der Waals surface area contributed by atoms with Crippen LogP contribution in [0.3, 0.4) is 0 Å². The Kier molecular flexibility index (Phi) is 7.09. The quantitative estimate of drug-likeness (QED) is 0.322. The maximum atomic E-state index is 12.8. The number of anilines is 1. The molecule has 3 aromatic carbocycles. The molecular formula is C25H23ClN4O4S. The van der Waals surface area contributed by atoms with E-state index in [2.05, 4.69) is 14.8 Å². The third kappa shape index (κ3) is 5.64. The Morgan fingerprint density at radius 3 is 2.31 bits per heavy atom. The van der Waals surface area contributed by atoms with Crippen molar-refractivity contribution in [2.45, 2.75) is 18.7 Å². The summed E-state index contributed by atoms with van der Waals surface area (Å²) in [5.74, 6) is 0.662. The molecule has 0 saturated heterocycles. The average molecular weight is 511 g/mol. The van der Waals surface area contributed by atoms with Gasteiger partial charge in [0.2, 0.25) is 0 Å². The number of aryl methyl sites for hydroxylation is 1. The van der Waals surface area contributed by atoms with Crippen LogP contribution < -0.4 is 15.0 Å². The van der Waals surface area contributed by atoms with Crippen LogP contribution in [0.2, 0.25) is 5.02 Å². The first-order valence-electron chi connectivity index (χ1n) is 10.7. The fourth-order valence-corrected chi connectivity index (χ4v) is 4.52. The van der Waals surface area contributed by atoms with E-state index in [0.717, 1.165) is 0 Å². The molecule has 0 radical (unpaired) electrons. The van der Waals surface area contributed by atoms with Gasteiger partial charge in [0.25, 0.3) is 15.6 Å². The van der Waals surface area contributed by atoms with Crippen LogP contribution in [0.4, 0.5) is 11.4 Å². The number of rotatable bonds is 8. The van der Waals surface area contributed by atoms with Crippen LogP contribution in [0, 0.1) is 6.92 Å². The van der Waals surface area contributed by atoms with Crippen molar-refractivity contribution in [3.05, 3.63) is 99.4 Å². The van der Waals surface area contributed by atoms with Gasteiger partial charge in [-0.25, -0.2) is 13.1 Å². The lowest BCUT2D eigenvalue weighted by molar-refractivity contribution is 0.340. The second-order valence-electron chi connectivity index (χ2n) is 7.58. The molecule has 0 aliphatic carbocycles. The van der Waals surface area contributed by atoms with Gasteiger partial charge in [0.05, 0.1) is 28.4 Å². The number of nitrogens with one attached hydrogen (secondary N) is 2. The van der Waals surface area contributed by atoms with Crippen LogP contribution in [-0.2, 0) is 10.0 Å². The van der Waals surface area contributed by atoms with Crippen LogP contribution in [0.1, 0.15) is 18.2 Å². The van der Waals surface area contributed by atoms with Gasteiger partial charge in [-0.3, -0.25) is 19.6 Å². The van der Waals surface area contributed by atoms with Gasteiger partial charge < -0.3 is 4.74 Å². The maximum absolute atomic E-state index is 12.8.